The molecule has 0 fully saturated rings. The van der Waals surface area contributed by atoms with Crippen molar-refractivity contribution >= 4 is 22.5 Å². The van der Waals surface area contributed by atoms with Gasteiger partial charge in [-0.05, 0) is 31.9 Å². The molecule has 0 spiro atoms. The molecule has 1 aromatic heterocycles. The first-order valence-electron chi connectivity index (χ1n) is 6.80. The van der Waals surface area contributed by atoms with E-state index in [1.807, 2.05) is 37.3 Å². The molecule has 1 aromatic carbocycles. The van der Waals surface area contributed by atoms with Crippen molar-refractivity contribution in [3.63, 3.8) is 0 Å². The lowest BCUT2D eigenvalue weighted by atomic mass is 9.88. The number of pyridine rings is 1. The molecule has 0 unspecified atom stereocenters. The number of ketones is 2. The van der Waals surface area contributed by atoms with Crippen LogP contribution in [0.5, 0.6) is 0 Å². The van der Waals surface area contributed by atoms with E-state index in [0.717, 1.165) is 29.3 Å². The molecule has 3 rings (SSSR count). The standard InChI is InChI=1S/C17H15NO2/c1-11-5-4-8-15(19)16(11)17(20)14-10-9-12-6-2-3-7-13(12)18-14/h2-3,6-7,9-10H,4-5,8H2,1H3. The average molecular weight is 265 g/mol. The SMILES string of the molecule is CC1=C(C(=O)c2ccc3ccccc3n2)C(=O)CCC1. The second-order valence-corrected chi connectivity index (χ2v) is 5.15. The van der Waals surface area contributed by atoms with Crippen LogP contribution < -0.4 is 0 Å². The Labute approximate surface area is 117 Å². The maximum Gasteiger partial charge on any atom is 0.214 e. The summed E-state index contributed by atoms with van der Waals surface area (Å²) in [6.07, 6.45) is 2.12. The molecule has 1 heterocycles. The number of allylic oxidation sites excluding steroid dienone is 2. The van der Waals surface area contributed by atoms with E-state index < -0.39 is 0 Å². The molecule has 100 valence electrons. The van der Waals surface area contributed by atoms with Crippen LogP contribution >= 0.6 is 0 Å². The number of hydrogen-bond donors (Lipinski definition) is 0. The van der Waals surface area contributed by atoms with Crippen molar-refractivity contribution in [3.8, 4) is 0 Å². The van der Waals surface area contributed by atoms with Crippen LogP contribution in [0.1, 0.15) is 36.7 Å². The van der Waals surface area contributed by atoms with E-state index in [1.165, 1.54) is 0 Å². The van der Waals surface area contributed by atoms with Crippen molar-refractivity contribution in [1.82, 2.24) is 4.98 Å². The van der Waals surface area contributed by atoms with Crippen LogP contribution in [0.4, 0.5) is 0 Å². The summed E-state index contributed by atoms with van der Waals surface area (Å²) in [5.74, 6) is -0.285. The van der Waals surface area contributed by atoms with Gasteiger partial charge in [-0.3, -0.25) is 9.59 Å². The Hall–Kier alpha value is -2.29. The number of para-hydroxylation sites is 1. The van der Waals surface area contributed by atoms with Gasteiger partial charge in [0.15, 0.2) is 5.78 Å². The average Bonchev–Trinajstić information content (AvgIpc) is 2.46. The number of fused-ring (bicyclic) bond motifs is 1. The van der Waals surface area contributed by atoms with Gasteiger partial charge in [0.2, 0.25) is 5.78 Å². The molecule has 0 aliphatic heterocycles. The highest BCUT2D eigenvalue weighted by molar-refractivity contribution is 6.26. The van der Waals surface area contributed by atoms with Gasteiger partial charge in [-0.25, -0.2) is 4.98 Å². The van der Waals surface area contributed by atoms with E-state index in [-0.39, 0.29) is 11.6 Å². The van der Waals surface area contributed by atoms with Gasteiger partial charge in [-0.1, -0.05) is 29.8 Å². The van der Waals surface area contributed by atoms with Crippen molar-refractivity contribution in [2.24, 2.45) is 0 Å². The van der Waals surface area contributed by atoms with E-state index in [4.69, 9.17) is 0 Å². The number of hydrogen-bond acceptors (Lipinski definition) is 3. The molecule has 0 amide bonds. The highest BCUT2D eigenvalue weighted by atomic mass is 16.1. The zero-order chi connectivity index (χ0) is 14.1. The summed E-state index contributed by atoms with van der Waals surface area (Å²) in [5, 5.41) is 0.990. The molecule has 1 aliphatic rings. The van der Waals surface area contributed by atoms with E-state index >= 15 is 0 Å². The van der Waals surface area contributed by atoms with Gasteiger partial charge in [0, 0.05) is 11.8 Å². The maximum absolute atomic E-state index is 12.5. The van der Waals surface area contributed by atoms with Gasteiger partial charge in [0.25, 0.3) is 0 Å². The number of Topliss-reactive ketones (excluding diaryl/α,β-unsaturated/α-hetero) is 2. The smallest absolute Gasteiger partial charge is 0.214 e. The molecule has 0 radical (unpaired) electrons. The van der Waals surface area contributed by atoms with Crippen molar-refractivity contribution in [1.29, 1.82) is 0 Å². The van der Waals surface area contributed by atoms with Gasteiger partial charge >= 0.3 is 0 Å². The minimum atomic E-state index is -0.238. The minimum Gasteiger partial charge on any atom is -0.294 e. The molecule has 3 heteroatoms. The minimum absolute atomic E-state index is 0.0475. The number of carbonyl (C=O) groups excluding carboxylic acids is 2. The van der Waals surface area contributed by atoms with Crippen LogP contribution in [0.25, 0.3) is 10.9 Å². The lowest BCUT2D eigenvalue weighted by Crippen LogP contribution is -2.19. The first-order valence-corrected chi connectivity index (χ1v) is 6.80. The fraction of sp³-hybridized carbons (Fsp3) is 0.235. The summed E-state index contributed by atoms with van der Waals surface area (Å²) in [4.78, 5) is 28.9. The summed E-state index contributed by atoms with van der Waals surface area (Å²) in [6.45, 7) is 1.87. The van der Waals surface area contributed by atoms with E-state index in [9.17, 15) is 9.59 Å². The molecule has 0 saturated heterocycles. The van der Waals surface area contributed by atoms with Gasteiger partial charge in [-0.2, -0.15) is 0 Å². The van der Waals surface area contributed by atoms with Gasteiger partial charge in [-0.15, -0.1) is 0 Å². The third-order valence-corrected chi connectivity index (χ3v) is 3.72. The molecule has 0 saturated carbocycles. The Morgan fingerprint density at radius 2 is 1.90 bits per heavy atom. The van der Waals surface area contributed by atoms with Crippen molar-refractivity contribution < 1.29 is 9.59 Å². The van der Waals surface area contributed by atoms with Gasteiger partial charge in [0.05, 0.1) is 11.1 Å². The van der Waals surface area contributed by atoms with Crippen LogP contribution in [-0.2, 0) is 4.79 Å². The monoisotopic (exact) mass is 265 g/mol. The third kappa shape index (κ3) is 2.16. The summed E-state index contributed by atoms with van der Waals surface area (Å²) in [5.41, 5.74) is 2.37. The normalized spacial score (nSPS) is 15.8. The number of nitrogens with zero attached hydrogens (tertiary/aromatic N) is 1. The van der Waals surface area contributed by atoms with Crippen LogP contribution in [0.2, 0.25) is 0 Å². The summed E-state index contributed by atoms with van der Waals surface area (Å²) in [6, 6.07) is 11.2. The zero-order valence-electron chi connectivity index (χ0n) is 11.3. The highest BCUT2D eigenvalue weighted by Gasteiger charge is 2.26. The molecular weight excluding hydrogens is 250 g/mol. The molecule has 0 bridgehead atoms. The zero-order valence-corrected chi connectivity index (χ0v) is 11.3. The van der Waals surface area contributed by atoms with E-state index in [0.29, 0.717) is 17.7 Å². The lowest BCUT2D eigenvalue weighted by Gasteiger charge is -2.15. The van der Waals surface area contributed by atoms with E-state index in [2.05, 4.69) is 4.98 Å². The predicted octanol–water partition coefficient (Wildman–Crippen LogP) is 3.49. The highest BCUT2D eigenvalue weighted by Crippen LogP contribution is 2.24. The number of rotatable bonds is 2. The maximum atomic E-state index is 12.5. The Bertz CT molecular complexity index is 743. The Kier molecular flexibility index (Phi) is 3.18. The summed E-state index contributed by atoms with van der Waals surface area (Å²) >= 11 is 0. The molecule has 3 nitrogen and oxygen atoms in total. The lowest BCUT2D eigenvalue weighted by molar-refractivity contribution is -0.115. The topological polar surface area (TPSA) is 47.0 Å². The van der Waals surface area contributed by atoms with Crippen LogP contribution in [-0.4, -0.2) is 16.6 Å². The van der Waals surface area contributed by atoms with Gasteiger partial charge < -0.3 is 0 Å². The fourth-order valence-corrected chi connectivity index (χ4v) is 2.64. The second-order valence-electron chi connectivity index (χ2n) is 5.15. The number of carbonyl (C=O) groups is 2. The molecule has 1 aliphatic carbocycles. The Morgan fingerprint density at radius 3 is 2.70 bits per heavy atom. The van der Waals surface area contributed by atoms with Crippen LogP contribution in [0.3, 0.4) is 0 Å². The summed E-state index contributed by atoms with van der Waals surface area (Å²) < 4.78 is 0. The number of benzene rings is 1. The molecule has 0 atom stereocenters. The molecular formula is C17H15NO2. The van der Waals surface area contributed by atoms with Gasteiger partial charge in [0.1, 0.15) is 5.69 Å². The first kappa shape index (κ1) is 12.7. The van der Waals surface area contributed by atoms with Crippen LogP contribution in [0.15, 0.2) is 47.5 Å². The van der Waals surface area contributed by atoms with Crippen LogP contribution in [0, 0.1) is 0 Å². The Balaban J connectivity index is 2.06. The molecule has 2 aromatic rings. The first-order chi connectivity index (χ1) is 9.66. The second kappa shape index (κ2) is 5.00. The Morgan fingerprint density at radius 1 is 1.10 bits per heavy atom. The summed E-state index contributed by atoms with van der Waals surface area (Å²) in [7, 11) is 0. The van der Waals surface area contributed by atoms with Crippen molar-refractivity contribution in [2.75, 3.05) is 0 Å². The van der Waals surface area contributed by atoms with Crippen molar-refractivity contribution in [3.05, 3.63) is 53.2 Å². The van der Waals surface area contributed by atoms with Crippen molar-refractivity contribution in [2.45, 2.75) is 26.2 Å². The largest absolute Gasteiger partial charge is 0.294 e. The quantitative estimate of drug-likeness (QED) is 0.617. The van der Waals surface area contributed by atoms with E-state index in [1.54, 1.807) is 6.07 Å². The molecule has 0 N–H and O–H groups in total. The predicted molar refractivity (Wildman–Crippen MR) is 77.6 cm³/mol. The molecule has 20 heavy (non-hydrogen) atoms. The fourth-order valence-electron chi connectivity index (χ4n) is 2.64. The number of aromatic nitrogens is 1. The third-order valence-electron chi connectivity index (χ3n) is 3.72.